The SMILES string of the molecule is COc1cccc(CN(C(=O)CN(c2ccc(Cl)c(Cl)c2)S(C)(=O)=O)[C@H](C)C(=O)NCC(C)C)c1. The molecule has 2 aromatic carbocycles. The Hall–Kier alpha value is -2.49. The minimum atomic E-state index is -3.86. The molecule has 1 atom stereocenters. The zero-order chi connectivity index (χ0) is 26.3. The molecule has 8 nitrogen and oxygen atoms in total. The van der Waals surface area contributed by atoms with Crippen LogP contribution < -0.4 is 14.4 Å². The topological polar surface area (TPSA) is 96.0 Å². The van der Waals surface area contributed by atoms with E-state index in [0.29, 0.717) is 12.3 Å². The minimum Gasteiger partial charge on any atom is -0.497 e. The van der Waals surface area contributed by atoms with Gasteiger partial charge >= 0.3 is 0 Å². The molecule has 0 fully saturated rings. The lowest BCUT2D eigenvalue weighted by molar-refractivity contribution is -0.139. The largest absolute Gasteiger partial charge is 0.497 e. The summed E-state index contributed by atoms with van der Waals surface area (Å²) in [6, 6.07) is 10.5. The lowest BCUT2D eigenvalue weighted by Crippen LogP contribution is -2.51. The van der Waals surface area contributed by atoms with Gasteiger partial charge in [-0.15, -0.1) is 0 Å². The van der Waals surface area contributed by atoms with Crippen LogP contribution in [0.2, 0.25) is 10.0 Å². The molecular weight excluding hydrogens is 513 g/mol. The van der Waals surface area contributed by atoms with E-state index in [4.69, 9.17) is 27.9 Å². The molecule has 0 spiro atoms. The van der Waals surface area contributed by atoms with Gasteiger partial charge in [0.2, 0.25) is 21.8 Å². The van der Waals surface area contributed by atoms with Gasteiger partial charge in [-0.3, -0.25) is 13.9 Å². The summed E-state index contributed by atoms with van der Waals surface area (Å²) in [5.74, 6) is -0.0728. The van der Waals surface area contributed by atoms with Crippen molar-refractivity contribution < 1.29 is 22.7 Å². The first-order valence-electron chi connectivity index (χ1n) is 11.0. The summed E-state index contributed by atoms with van der Waals surface area (Å²) in [5.41, 5.74) is 0.912. The summed E-state index contributed by atoms with van der Waals surface area (Å²) in [4.78, 5) is 27.7. The third-order valence-electron chi connectivity index (χ3n) is 5.21. The van der Waals surface area contributed by atoms with E-state index in [1.165, 1.54) is 30.2 Å². The van der Waals surface area contributed by atoms with Gasteiger partial charge in [-0.1, -0.05) is 49.2 Å². The van der Waals surface area contributed by atoms with Crippen LogP contribution in [-0.4, -0.2) is 57.6 Å². The maximum Gasteiger partial charge on any atom is 0.244 e. The summed E-state index contributed by atoms with van der Waals surface area (Å²) in [5, 5.41) is 3.24. The molecule has 35 heavy (non-hydrogen) atoms. The van der Waals surface area contributed by atoms with Gasteiger partial charge in [-0.05, 0) is 48.7 Å². The summed E-state index contributed by atoms with van der Waals surface area (Å²) < 4.78 is 31.4. The second kappa shape index (κ2) is 12.5. The molecular formula is C24H31Cl2N3O5S. The van der Waals surface area contributed by atoms with Gasteiger partial charge in [0, 0.05) is 13.1 Å². The Kier molecular flexibility index (Phi) is 10.2. The summed E-state index contributed by atoms with van der Waals surface area (Å²) in [6.07, 6.45) is 0.994. The Morgan fingerprint density at radius 2 is 1.74 bits per heavy atom. The van der Waals surface area contributed by atoms with E-state index >= 15 is 0 Å². The molecule has 0 aliphatic heterocycles. The van der Waals surface area contributed by atoms with Crippen molar-refractivity contribution in [3.8, 4) is 5.75 Å². The quantitative estimate of drug-likeness (QED) is 0.462. The van der Waals surface area contributed by atoms with Crippen LogP contribution in [0.5, 0.6) is 5.75 Å². The molecule has 1 N–H and O–H groups in total. The minimum absolute atomic E-state index is 0.0747. The third-order valence-corrected chi connectivity index (χ3v) is 7.09. The smallest absolute Gasteiger partial charge is 0.244 e. The number of nitrogens with one attached hydrogen (secondary N) is 1. The van der Waals surface area contributed by atoms with Gasteiger partial charge in [-0.2, -0.15) is 0 Å². The number of rotatable bonds is 11. The van der Waals surface area contributed by atoms with Crippen LogP contribution in [0, 0.1) is 5.92 Å². The van der Waals surface area contributed by atoms with Crippen LogP contribution >= 0.6 is 23.2 Å². The summed E-state index contributed by atoms with van der Waals surface area (Å²) >= 11 is 12.1. The molecule has 0 aliphatic carbocycles. The van der Waals surface area contributed by atoms with E-state index < -0.39 is 28.5 Å². The van der Waals surface area contributed by atoms with Crippen LogP contribution in [-0.2, 0) is 26.2 Å². The Morgan fingerprint density at radius 1 is 1.06 bits per heavy atom. The molecule has 0 unspecified atom stereocenters. The van der Waals surface area contributed by atoms with Crippen LogP contribution in [0.1, 0.15) is 26.3 Å². The van der Waals surface area contributed by atoms with Crippen molar-refractivity contribution in [3.63, 3.8) is 0 Å². The molecule has 0 saturated carbocycles. The number of methoxy groups -OCH3 is 1. The van der Waals surface area contributed by atoms with E-state index in [2.05, 4.69) is 5.32 Å². The predicted molar refractivity (Wildman–Crippen MR) is 140 cm³/mol. The van der Waals surface area contributed by atoms with E-state index in [0.717, 1.165) is 16.1 Å². The maximum atomic E-state index is 13.5. The number of nitrogens with zero attached hydrogens (tertiary/aromatic N) is 2. The van der Waals surface area contributed by atoms with Gasteiger partial charge in [0.05, 0.1) is 29.1 Å². The highest BCUT2D eigenvalue weighted by molar-refractivity contribution is 7.92. The number of anilines is 1. The number of sulfonamides is 1. The molecule has 0 bridgehead atoms. The molecule has 0 heterocycles. The highest BCUT2D eigenvalue weighted by atomic mass is 35.5. The zero-order valence-corrected chi connectivity index (χ0v) is 22.7. The van der Waals surface area contributed by atoms with Crippen molar-refractivity contribution in [2.24, 2.45) is 5.92 Å². The van der Waals surface area contributed by atoms with Gasteiger partial charge < -0.3 is 15.0 Å². The second-order valence-corrected chi connectivity index (χ2v) is 11.3. The van der Waals surface area contributed by atoms with Gasteiger partial charge in [0.15, 0.2) is 0 Å². The van der Waals surface area contributed by atoms with E-state index in [9.17, 15) is 18.0 Å². The summed E-state index contributed by atoms with van der Waals surface area (Å²) in [6.45, 7) is 5.53. The maximum absolute atomic E-state index is 13.5. The Balaban J connectivity index is 2.40. The molecule has 2 aromatic rings. The molecule has 0 aromatic heterocycles. The van der Waals surface area contributed by atoms with Crippen molar-refractivity contribution in [2.75, 3.05) is 30.8 Å². The predicted octanol–water partition coefficient (Wildman–Crippen LogP) is 3.96. The average molecular weight is 545 g/mol. The summed E-state index contributed by atoms with van der Waals surface area (Å²) in [7, 11) is -2.33. The van der Waals surface area contributed by atoms with Crippen LogP contribution in [0.25, 0.3) is 0 Å². The second-order valence-electron chi connectivity index (χ2n) is 8.56. The fourth-order valence-electron chi connectivity index (χ4n) is 3.26. The first kappa shape index (κ1) is 28.7. The monoisotopic (exact) mass is 543 g/mol. The van der Waals surface area contributed by atoms with Gasteiger partial charge in [0.1, 0.15) is 18.3 Å². The molecule has 0 aliphatic rings. The zero-order valence-electron chi connectivity index (χ0n) is 20.4. The fraction of sp³-hybridized carbons (Fsp3) is 0.417. The fourth-order valence-corrected chi connectivity index (χ4v) is 4.39. The number of amides is 2. The van der Waals surface area contributed by atoms with Crippen molar-refractivity contribution in [1.29, 1.82) is 0 Å². The van der Waals surface area contributed by atoms with E-state index in [1.54, 1.807) is 31.2 Å². The number of carbonyl (C=O) groups is 2. The average Bonchev–Trinajstić information content (AvgIpc) is 2.80. The number of hydrogen-bond acceptors (Lipinski definition) is 5. The van der Waals surface area contributed by atoms with Crippen molar-refractivity contribution in [1.82, 2.24) is 10.2 Å². The first-order chi connectivity index (χ1) is 16.3. The standard InChI is InChI=1S/C24H31Cl2N3O5S/c1-16(2)13-27-24(31)17(3)28(14-18-7-6-8-20(11-18)34-4)23(30)15-29(35(5,32)33)19-9-10-21(25)22(26)12-19/h6-12,16-17H,13-15H2,1-5H3,(H,27,31)/t17-/m1/s1. The molecule has 2 rings (SSSR count). The lowest BCUT2D eigenvalue weighted by atomic mass is 10.1. The van der Waals surface area contributed by atoms with Crippen LogP contribution in [0.3, 0.4) is 0 Å². The van der Waals surface area contributed by atoms with Gasteiger partial charge in [-0.25, -0.2) is 8.42 Å². The highest BCUT2D eigenvalue weighted by Crippen LogP contribution is 2.28. The lowest BCUT2D eigenvalue weighted by Gasteiger charge is -2.31. The van der Waals surface area contributed by atoms with E-state index in [1.807, 2.05) is 13.8 Å². The molecule has 11 heteroatoms. The number of carbonyl (C=O) groups excluding carboxylic acids is 2. The van der Waals surface area contributed by atoms with Crippen molar-refractivity contribution >= 4 is 50.7 Å². The van der Waals surface area contributed by atoms with Gasteiger partial charge in [0.25, 0.3) is 0 Å². The molecule has 2 amide bonds. The van der Waals surface area contributed by atoms with Crippen LogP contribution in [0.4, 0.5) is 5.69 Å². The molecule has 192 valence electrons. The Morgan fingerprint density at radius 3 is 2.31 bits per heavy atom. The highest BCUT2D eigenvalue weighted by Gasteiger charge is 2.30. The molecule has 0 saturated heterocycles. The Labute approximate surface area is 217 Å². The number of benzene rings is 2. The normalized spacial score (nSPS) is 12.2. The van der Waals surface area contributed by atoms with Crippen molar-refractivity contribution in [3.05, 3.63) is 58.1 Å². The Bertz CT molecular complexity index is 1160. The van der Waals surface area contributed by atoms with Crippen LogP contribution in [0.15, 0.2) is 42.5 Å². The number of ether oxygens (including phenoxy) is 1. The number of halogens is 2. The number of hydrogen-bond donors (Lipinski definition) is 1. The molecule has 0 radical (unpaired) electrons. The van der Waals surface area contributed by atoms with E-state index in [-0.39, 0.29) is 34.1 Å². The first-order valence-corrected chi connectivity index (χ1v) is 13.6. The third kappa shape index (κ3) is 8.30. The van der Waals surface area contributed by atoms with Crippen molar-refractivity contribution in [2.45, 2.75) is 33.4 Å².